The Kier molecular flexibility index (Phi) is 3.85. The normalized spacial score (nSPS) is 12.9. The van der Waals surface area contributed by atoms with Crippen molar-refractivity contribution < 1.29 is 13.9 Å². The van der Waals surface area contributed by atoms with Gasteiger partial charge in [0.05, 0.1) is 6.61 Å². The van der Waals surface area contributed by atoms with Crippen molar-refractivity contribution in [3.05, 3.63) is 56.8 Å². The second-order valence-corrected chi connectivity index (χ2v) is 5.87. The van der Waals surface area contributed by atoms with Crippen LogP contribution in [0.15, 0.2) is 34.8 Å². The molecule has 0 fully saturated rings. The van der Waals surface area contributed by atoms with Crippen LogP contribution in [-0.2, 0) is 13.0 Å². The molecule has 1 heterocycles. The SMILES string of the molecule is Fc1ccc(Br)cc1OCc1cc(Cl)cc2c1OCC2. The lowest BCUT2D eigenvalue weighted by Gasteiger charge is -2.11. The van der Waals surface area contributed by atoms with Gasteiger partial charge in [0.25, 0.3) is 0 Å². The molecule has 2 aromatic rings. The van der Waals surface area contributed by atoms with Crippen molar-refractivity contribution in [1.29, 1.82) is 0 Å². The van der Waals surface area contributed by atoms with Crippen LogP contribution in [0.3, 0.4) is 0 Å². The molecule has 0 saturated heterocycles. The summed E-state index contributed by atoms with van der Waals surface area (Å²) in [5.74, 6) is 0.615. The Hall–Kier alpha value is -1.26. The first kappa shape index (κ1) is 13.7. The zero-order valence-electron chi connectivity index (χ0n) is 10.5. The summed E-state index contributed by atoms with van der Waals surface area (Å²) in [4.78, 5) is 0. The Morgan fingerprint density at radius 3 is 3.00 bits per heavy atom. The quantitative estimate of drug-likeness (QED) is 0.789. The third-order valence-electron chi connectivity index (χ3n) is 3.10. The molecule has 0 unspecified atom stereocenters. The number of hydrogen-bond donors (Lipinski definition) is 0. The van der Waals surface area contributed by atoms with E-state index in [1.807, 2.05) is 6.07 Å². The van der Waals surface area contributed by atoms with E-state index in [-0.39, 0.29) is 12.4 Å². The van der Waals surface area contributed by atoms with Crippen LogP contribution in [0, 0.1) is 5.82 Å². The lowest BCUT2D eigenvalue weighted by Crippen LogP contribution is -2.00. The fraction of sp³-hybridized carbons (Fsp3) is 0.200. The van der Waals surface area contributed by atoms with E-state index in [0.717, 1.165) is 27.8 Å². The Morgan fingerprint density at radius 1 is 1.30 bits per heavy atom. The molecule has 3 rings (SSSR count). The molecule has 0 atom stereocenters. The molecule has 2 aromatic carbocycles. The number of rotatable bonds is 3. The van der Waals surface area contributed by atoms with Crippen LogP contribution >= 0.6 is 27.5 Å². The lowest BCUT2D eigenvalue weighted by molar-refractivity contribution is 0.279. The van der Waals surface area contributed by atoms with Gasteiger partial charge in [-0.25, -0.2) is 4.39 Å². The molecule has 5 heteroatoms. The average Bonchev–Trinajstić information content (AvgIpc) is 2.87. The van der Waals surface area contributed by atoms with Crippen molar-refractivity contribution in [2.24, 2.45) is 0 Å². The molecule has 1 aliphatic rings. The van der Waals surface area contributed by atoms with E-state index in [9.17, 15) is 4.39 Å². The van der Waals surface area contributed by atoms with Crippen LogP contribution in [0.4, 0.5) is 4.39 Å². The molecule has 0 amide bonds. The maximum Gasteiger partial charge on any atom is 0.165 e. The molecule has 104 valence electrons. The first-order valence-electron chi connectivity index (χ1n) is 6.15. The Morgan fingerprint density at radius 2 is 2.15 bits per heavy atom. The molecule has 0 aromatic heterocycles. The van der Waals surface area contributed by atoms with Crippen molar-refractivity contribution in [1.82, 2.24) is 0 Å². The molecule has 0 bridgehead atoms. The molecule has 0 N–H and O–H groups in total. The standard InChI is InChI=1S/C15H11BrClFO2/c16-11-1-2-13(18)14(7-11)20-8-10-6-12(17)5-9-3-4-19-15(9)10/h1-2,5-7H,3-4,8H2. The summed E-state index contributed by atoms with van der Waals surface area (Å²) < 4.78 is 25.5. The Labute approximate surface area is 129 Å². The van der Waals surface area contributed by atoms with Crippen molar-refractivity contribution in [2.75, 3.05) is 6.61 Å². The fourth-order valence-corrected chi connectivity index (χ4v) is 2.80. The van der Waals surface area contributed by atoms with E-state index in [4.69, 9.17) is 21.1 Å². The fourth-order valence-electron chi connectivity index (χ4n) is 2.20. The van der Waals surface area contributed by atoms with Crippen molar-refractivity contribution >= 4 is 27.5 Å². The lowest BCUT2D eigenvalue weighted by atomic mass is 10.1. The van der Waals surface area contributed by atoms with Gasteiger partial charge in [0.15, 0.2) is 11.6 Å². The van der Waals surface area contributed by atoms with Crippen LogP contribution in [-0.4, -0.2) is 6.61 Å². The van der Waals surface area contributed by atoms with Crippen LogP contribution in [0.25, 0.3) is 0 Å². The number of ether oxygens (including phenoxy) is 2. The van der Waals surface area contributed by atoms with E-state index in [2.05, 4.69) is 15.9 Å². The van der Waals surface area contributed by atoms with Gasteiger partial charge in [-0.1, -0.05) is 27.5 Å². The Balaban J connectivity index is 1.84. The van der Waals surface area contributed by atoms with Crippen molar-refractivity contribution in [2.45, 2.75) is 13.0 Å². The third-order valence-corrected chi connectivity index (χ3v) is 3.81. The summed E-state index contributed by atoms with van der Waals surface area (Å²) in [7, 11) is 0. The highest BCUT2D eigenvalue weighted by Crippen LogP contribution is 2.34. The minimum Gasteiger partial charge on any atom is -0.493 e. The predicted octanol–water partition coefficient (Wildman–Crippen LogP) is 4.76. The zero-order valence-corrected chi connectivity index (χ0v) is 12.8. The maximum absolute atomic E-state index is 13.6. The van der Waals surface area contributed by atoms with E-state index in [1.165, 1.54) is 6.07 Å². The molecule has 0 aliphatic carbocycles. The van der Waals surface area contributed by atoms with Crippen molar-refractivity contribution in [3.8, 4) is 11.5 Å². The second-order valence-electron chi connectivity index (χ2n) is 4.52. The molecule has 0 radical (unpaired) electrons. The highest BCUT2D eigenvalue weighted by molar-refractivity contribution is 9.10. The second kappa shape index (κ2) is 5.62. The molecular formula is C15H11BrClFO2. The molecule has 1 aliphatic heterocycles. The van der Waals surface area contributed by atoms with Gasteiger partial charge >= 0.3 is 0 Å². The summed E-state index contributed by atoms with van der Waals surface area (Å²) in [6.45, 7) is 0.865. The predicted molar refractivity (Wildman–Crippen MR) is 79.1 cm³/mol. The van der Waals surface area contributed by atoms with Crippen LogP contribution in [0.1, 0.15) is 11.1 Å². The zero-order chi connectivity index (χ0) is 14.1. The molecular weight excluding hydrogens is 347 g/mol. The van der Waals surface area contributed by atoms with E-state index in [0.29, 0.717) is 11.6 Å². The van der Waals surface area contributed by atoms with Gasteiger partial charge in [-0.15, -0.1) is 0 Å². The van der Waals surface area contributed by atoms with Gasteiger partial charge in [-0.3, -0.25) is 0 Å². The summed E-state index contributed by atoms with van der Waals surface area (Å²) >= 11 is 9.37. The largest absolute Gasteiger partial charge is 0.493 e. The highest BCUT2D eigenvalue weighted by atomic mass is 79.9. The third kappa shape index (κ3) is 2.76. The van der Waals surface area contributed by atoms with Gasteiger partial charge in [0.1, 0.15) is 12.4 Å². The van der Waals surface area contributed by atoms with Gasteiger partial charge in [0, 0.05) is 21.5 Å². The highest BCUT2D eigenvalue weighted by Gasteiger charge is 2.18. The summed E-state index contributed by atoms with van der Waals surface area (Å²) in [5, 5.41) is 0.641. The van der Waals surface area contributed by atoms with Gasteiger partial charge in [-0.2, -0.15) is 0 Å². The smallest absolute Gasteiger partial charge is 0.165 e. The summed E-state index contributed by atoms with van der Waals surface area (Å²) in [5.41, 5.74) is 1.91. The molecule has 2 nitrogen and oxygen atoms in total. The molecule has 0 saturated carbocycles. The molecule has 0 spiro atoms. The topological polar surface area (TPSA) is 18.5 Å². The van der Waals surface area contributed by atoms with E-state index < -0.39 is 5.82 Å². The molecule has 20 heavy (non-hydrogen) atoms. The maximum atomic E-state index is 13.6. The number of halogens is 3. The van der Waals surface area contributed by atoms with Crippen molar-refractivity contribution in [3.63, 3.8) is 0 Å². The monoisotopic (exact) mass is 356 g/mol. The van der Waals surface area contributed by atoms with E-state index in [1.54, 1.807) is 18.2 Å². The van der Waals surface area contributed by atoms with Crippen LogP contribution in [0.2, 0.25) is 5.02 Å². The average molecular weight is 358 g/mol. The van der Waals surface area contributed by atoms with Gasteiger partial charge in [-0.05, 0) is 35.9 Å². The minimum absolute atomic E-state index is 0.200. The Bertz CT molecular complexity index is 661. The number of hydrogen-bond acceptors (Lipinski definition) is 2. The van der Waals surface area contributed by atoms with Crippen LogP contribution in [0.5, 0.6) is 11.5 Å². The van der Waals surface area contributed by atoms with Gasteiger partial charge < -0.3 is 9.47 Å². The van der Waals surface area contributed by atoms with E-state index >= 15 is 0 Å². The van der Waals surface area contributed by atoms with Crippen LogP contribution < -0.4 is 9.47 Å². The first-order valence-corrected chi connectivity index (χ1v) is 7.32. The minimum atomic E-state index is -0.396. The van der Waals surface area contributed by atoms with Gasteiger partial charge in [0.2, 0.25) is 0 Å². The number of fused-ring (bicyclic) bond motifs is 1. The number of benzene rings is 2. The first-order chi connectivity index (χ1) is 9.63. The summed E-state index contributed by atoms with van der Waals surface area (Å²) in [6, 6.07) is 8.27. The summed E-state index contributed by atoms with van der Waals surface area (Å²) in [6.07, 6.45) is 0.841.